The third kappa shape index (κ3) is 2.12. The van der Waals surface area contributed by atoms with Crippen molar-refractivity contribution in [1.29, 1.82) is 0 Å². The van der Waals surface area contributed by atoms with E-state index < -0.39 is 0 Å². The molecule has 0 aliphatic carbocycles. The molecule has 0 amide bonds. The van der Waals surface area contributed by atoms with Crippen molar-refractivity contribution in [2.45, 2.75) is 0 Å². The summed E-state index contributed by atoms with van der Waals surface area (Å²) < 4.78 is 10.7. The summed E-state index contributed by atoms with van der Waals surface area (Å²) in [6.45, 7) is 6.82. The van der Waals surface area contributed by atoms with Crippen molar-refractivity contribution in [2.75, 3.05) is 62.4 Å². The molecule has 3 aliphatic heterocycles. The highest BCUT2D eigenvalue weighted by atomic mass is 35.5. The van der Waals surface area contributed by atoms with Crippen molar-refractivity contribution in [3.8, 4) is 0 Å². The molecule has 20 heavy (non-hydrogen) atoms. The van der Waals surface area contributed by atoms with Crippen molar-refractivity contribution in [2.24, 2.45) is 5.41 Å². The molecule has 0 unspecified atom stereocenters. The standard InChI is InChI=1S/C13H17ClN4O2/c14-10-5-11(18-6-13(7-18)8-20-9-13)16-12(15-10)17-1-3-19-4-2-17/h5H,1-4,6-9H2. The monoisotopic (exact) mass is 296 g/mol. The normalized spacial score (nSPS) is 24.4. The highest BCUT2D eigenvalue weighted by Crippen LogP contribution is 2.40. The van der Waals surface area contributed by atoms with E-state index in [-0.39, 0.29) is 0 Å². The van der Waals surface area contributed by atoms with Crippen molar-refractivity contribution >= 4 is 23.4 Å². The van der Waals surface area contributed by atoms with E-state index in [4.69, 9.17) is 21.1 Å². The highest BCUT2D eigenvalue weighted by Gasteiger charge is 2.49. The maximum absolute atomic E-state index is 6.15. The fraction of sp³-hybridized carbons (Fsp3) is 0.692. The molecule has 7 heteroatoms. The molecular weight excluding hydrogens is 280 g/mol. The Bertz CT molecular complexity index is 509. The SMILES string of the molecule is Clc1cc(N2CC3(COC3)C2)nc(N2CCOCC2)n1. The molecule has 3 saturated heterocycles. The molecular formula is C13H17ClN4O2. The predicted octanol–water partition coefficient (Wildman–Crippen LogP) is 0.803. The van der Waals surface area contributed by atoms with Crippen LogP contribution in [0.3, 0.4) is 0 Å². The van der Waals surface area contributed by atoms with E-state index in [9.17, 15) is 0 Å². The molecule has 3 aliphatic rings. The van der Waals surface area contributed by atoms with Crippen molar-refractivity contribution in [3.05, 3.63) is 11.2 Å². The Morgan fingerprint density at radius 2 is 1.80 bits per heavy atom. The van der Waals surface area contributed by atoms with Crippen LogP contribution in [0.2, 0.25) is 5.15 Å². The van der Waals surface area contributed by atoms with Gasteiger partial charge in [-0.05, 0) is 0 Å². The zero-order valence-corrected chi connectivity index (χ0v) is 12.0. The molecule has 0 aromatic carbocycles. The Kier molecular flexibility index (Phi) is 2.98. The summed E-state index contributed by atoms with van der Waals surface area (Å²) in [5.74, 6) is 1.63. The average molecular weight is 297 g/mol. The Morgan fingerprint density at radius 1 is 1.05 bits per heavy atom. The molecule has 108 valence electrons. The lowest BCUT2D eigenvalue weighted by Gasteiger charge is -2.55. The van der Waals surface area contributed by atoms with Crippen LogP contribution in [0.25, 0.3) is 0 Å². The Labute approximate surface area is 122 Å². The number of halogens is 1. The van der Waals surface area contributed by atoms with Crippen LogP contribution in [0.5, 0.6) is 0 Å². The third-order valence-electron chi connectivity index (χ3n) is 4.16. The minimum atomic E-state index is 0.372. The van der Waals surface area contributed by atoms with Crippen LogP contribution in [-0.4, -0.2) is 62.6 Å². The second-order valence-electron chi connectivity index (χ2n) is 5.80. The van der Waals surface area contributed by atoms with E-state index >= 15 is 0 Å². The molecule has 0 N–H and O–H groups in total. The summed E-state index contributed by atoms with van der Waals surface area (Å²) in [5.41, 5.74) is 0.372. The topological polar surface area (TPSA) is 50.7 Å². The van der Waals surface area contributed by atoms with Crippen molar-refractivity contribution in [3.63, 3.8) is 0 Å². The van der Waals surface area contributed by atoms with Gasteiger partial charge in [-0.3, -0.25) is 0 Å². The summed E-state index contributed by atoms with van der Waals surface area (Å²) in [7, 11) is 0. The van der Waals surface area contributed by atoms with Crippen LogP contribution < -0.4 is 9.80 Å². The fourth-order valence-electron chi connectivity index (χ4n) is 2.96. The maximum atomic E-state index is 6.15. The van der Waals surface area contributed by atoms with E-state index in [1.807, 2.05) is 6.07 Å². The summed E-state index contributed by atoms with van der Waals surface area (Å²) in [6.07, 6.45) is 0. The molecule has 1 spiro atoms. The molecule has 4 rings (SSSR count). The zero-order chi connectivity index (χ0) is 13.6. The van der Waals surface area contributed by atoms with E-state index in [2.05, 4.69) is 19.8 Å². The van der Waals surface area contributed by atoms with Crippen LogP contribution in [-0.2, 0) is 9.47 Å². The van der Waals surface area contributed by atoms with E-state index in [1.54, 1.807) is 0 Å². The number of anilines is 2. The number of nitrogens with zero attached hydrogens (tertiary/aromatic N) is 4. The largest absolute Gasteiger partial charge is 0.380 e. The molecule has 3 fully saturated rings. The van der Waals surface area contributed by atoms with Gasteiger partial charge < -0.3 is 19.3 Å². The molecule has 0 bridgehead atoms. The van der Waals surface area contributed by atoms with Crippen LogP contribution in [0.15, 0.2) is 6.07 Å². The first-order chi connectivity index (χ1) is 9.74. The minimum absolute atomic E-state index is 0.372. The molecule has 4 heterocycles. The molecule has 1 aromatic rings. The Morgan fingerprint density at radius 3 is 2.45 bits per heavy atom. The van der Waals surface area contributed by atoms with E-state index in [0.717, 1.165) is 58.4 Å². The number of hydrogen-bond acceptors (Lipinski definition) is 6. The Balaban J connectivity index is 1.53. The average Bonchev–Trinajstić information content (AvgIpc) is 2.36. The van der Waals surface area contributed by atoms with Gasteiger partial charge >= 0.3 is 0 Å². The predicted molar refractivity (Wildman–Crippen MR) is 75.5 cm³/mol. The summed E-state index contributed by atoms with van der Waals surface area (Å²) in [5, 5.41) is 0.502. The number of aromatic nitrogens is 2. The lowest BCUT2D eigenvalue weighted by Crippen LogP contribution is -2.66. The molecule has 0 radical (unpaired) electrons. The van der Waals surface area contributed by atoms with Gasteiger partial charge in [0.25, 0.3) is 0 Å². The van der Waals surface area contributed by atoms with E-state index in [1.165, 1.54) is 0 Å². The quantitative estimate of drug-likeness (QED) is 0.753. The highest BCUT2D eigenvalue weighted by molar-refractivity contribution is 6.29. The van der Waals surface area contributed by atoms with Gasteiger partial charge in [0.15, 0.2) is 0 Å². The summed E-state index contributed by atoms with van der Waals surface area (Å²) >= 11 is 6.15. The second-order valence-corrected chi connectivity index (χ2v) is 6.18. The first-order valence-electron chi connectivity index (χ1n) is 6.94. The number of ether oxygens (including phenoxy) is 2. The van der Waals surface area contributed by atoms with Gasteiger partial charge in [0.2, 0.25) is 5.95 Å². The number of rotatable bonds is 2. The van der Waals surface area contributed by atoms with Crippen molar-refractivity contribution < 1.29 is 9.47 Å². The van der Waals surface area contributed by atoms with E-state index in [0.29, 0.717) is 16.5 Å². The lowest BCUT2D eigenvalue weighted by atomic mass is 9.78. The van der Waals surface area contributed by atoms with Gasteiger partial charge in [0.1, 0.15) is 11.0 Å². The van der Waals surface area contributed by atoms with Crippen molar-refractivity contribution in [1.82, 2.24) is 9.97 Å². The van der Waals surface area contributed by atoms with Crippen LogP contribution in [0, 0.1) is 5.41 Å². The van der Waals surface area contributed by atoms with Crippen LogP contribution in [0.1, 0.15) is 0 Å². The first kappa shape index (κ1) is 12.6. The van der Waals surface area contributed by atoms with Gasteiger partial charge in [-0.15, -0.1) is 0 Å². The maximum Gasteiger partial charge on any atom is 0.228 e. The van der Waals surface area contributed by atoms with Gasteiger partial charge in [-0.2, -0.15) is 4.98 Å². The molecule has 0 saturated carbocycles. The zero-order valence-electron chi connectivity index (χ0n) is 11.2. The first-order valence-corrected chi connectivity index (χ1v) is 7.32. The van der Waals surface area contributed by atoms with Crippen LogP contribution >= 0.6 is 11.6 Å². The smallest absolute Gasteiger partial charge is 0.228 e. The third-order valence-corrected chi connectivity index (χ3v) is 4.35. The van der Waals surface area contributed by atoms with Gasteiger partial charge in [0, 0.05) is 32.2 Å². The molecule has 1 aromatic heterocycles. The lowest BCUT2D eigenvalue weighted by molar-refractivity contribution is -0.127. The van der Waals surface area contributed by atoms with Gasteiger partial charge in [-0.1, -0.05) is 11.6 Å². The number of morpholine rings is 1. The summed E-state index contributed by atoms with van der Waals surface area (Å²) in [4.78, 5) is 13.4. The molecule has 0 atom stereocenters. The number of hydrogen-bond donors (Lipinski definition) is 0. The van der Waals surface area contributed by atoms with Crippen LogP contribution in [0.4, 0.5) is 11.8 Å². The summed E-state index contributed by atoms with van der Waals surface area (Å²) in [6, 6.07) is 1.85. The van der Waals surface area contributed by atoms with Gasteiger partial charge in [-0.25, -0.2) is 4.98 Å². The fourth-order valence-corrected chi connectivity index (χ4v) is 3.13. The van der Waals surface area contributed by atoms with Gasteiger partial charge in [0.05, 0.1) is 31.8 Å². The Hall–Kier alpha value is -1.11. The minimum Gasteiger partial charge on any atom is -0.380 e. The molecule has 6 nitrogen and oxygen atoms in total. The second kappa shape index (κ2) is 4.72.